The van der Waals surface area contributed by atoms with Gasteiger partial charge in [-0.25, -0.2) is 23.7 Å². The molecular weight excluding hydrogens is 611 g/mol. The molecule has 4 heterocycles. The van der Waals surface area contributed by atoms with Gasteiger partial charge in [-0.1, -0.05) is 12.1 Å². The first-order valence-corrected chi connectivity index (χ1v) is 13.4. The van der Waals surface area contributed by atoms with Crippen LogP contribution < -0.4 is 19.8 Å². The molecule has 1 unspecified atom stereocenters. The van der Waals surface area contributed by atoms with Crippen molar-refractivity contribution in [2.45, 2.75) is 12.8 Å². The predicted octanol–water partition coefficient (Wildman–Crippen LogP) is 6.02. The van der Waals surface area contributed by atoms with E-state index in [9.17, 15) is 14.0 Å². The van der Waals surface area contributed by atoms with Crippen LogP contribution in [-0.2, 0) is 4.79 Å². The van der Waals surface area contributed by atoms with Crippen LogP contribution in [0.25, 0.3) is 28.0 Å². The zero-order valence-corrected chi connectivity index (χ0v) is 23.5. The van der Waals surface area contributed by atoms with Gasteiger partial charge >= 0.3 is 11.6 Å². The van der Waals surface area contributed by atoms with Crippen LogP contribution in [0.4, 0.5) is 4.39 Å². The molecule has 0 fully saturated rings. The molecule has 6 aromatic rings. The number of carbonyl (C=O) groups excluding carboxylic acids is 1. The second kappa shape index (κ2) is 9.77. The number of fused-ring (bicyclic) bond motifs is 6. The average Bonchev–Trinajstić information content (AvgIpc) is 3.42. The van der Waals surface area contributed by atoms with Crippen LogP contribution in [-0.4, -0.2) is 32.7 Å². The van der Waals surface area contributed by atoms with Crippen LogP contribution in [0.1, 0.15) is 29.5 Å². The van der Waals surface area contributed by atoms with Gasteiger partial charge in [0.1, 0.15) is 17.7 Å². The number of hydrogen-bond acceptors (Lipinski definition) is 9. The minimum Gasteiger partial charge on any atom is -0.493 e. The number of aromatic nitrogens is 4. The Morgan fingerprint density at radius 3 is 2.64 bits per heavy atom. The highest BCUT2D eigenvalue weighted by molar-refractivity contribution is 9.10. The van der Waals surface area contributed by atoms with Crippen LogP contribution >= 0.6 is 15.9 Å². The quantitative estimate of drug-likeness (QED) is 0.131. The number of para-hydroxylation sites is 1. The van der Waals surface area contributed by atoms with Crippen LogP contribution in [0.15, 0.2) is 80.7 Å². The summed E-state index contributed by atoms with van der Waals surface area (Å²) >= 11 is 3.49. The molecule has 0 amide bonds. The highest BCUT2D eigenvalue weighted by Gasteiger charge is 2.38. The third-order valence-electron chi connectivity index (χ3n) is 6.90. The molecule has 0 spiro atoms. The molecule has 3 aromatic heterocycles. The summed E-state index contributed by atoms with van der Waals surface area (Å²) in [5, 5.41) is 5.13. The van der Waals surface area contributed by atoms with E-state index in [0.29, 0.717) is 49.4 Å². The summed E-state index contributed by atoms with van der Waals surface area (Å²) in [6, 6.07) is 16.2. The molecule has 0 bridgehead atoms. The molecule has 0 N–H and O–H groups in total. The van der Waals surface area contributed by atoms with Gasteiger partial charge in [-0.2, -0.15) is 0 Å². The number of benzene rings is 3. The maximum absolute atomic E-state index is 13.7. The highest BCUT2D eigenvalue weighted by Crippen LogP contribution is 2.51. The van der Waals surface area contributed by atoms with Gasteiger partial charge in [-0.05, 0) is 70.0 Å². The molecule has 3 aromatic carbocycles. The van der Waals surface area contributed by atoms with E-state index in [-0.39, 0.29) is 28.8 Å². The first kappa shape index (κ1) is 25.8. The molecule has 12 heteroatoms. The van der Waals surface area contributed by atoms with Gasteiger partial charge in [-0.15, -0.1) is 5.10 Å². The summed E-state index contributed by atoms with van der Waals surface area (Å²) in [6.45, 7) is 1.29. The Morgan fingerprint density at radius 1 is 1.10 bits per heavy atom. The Labute approximate surface area is 244 Å². The summed E-state index contributed by atoms with van der Waals surface area (Å²) in [6.07, 6.45) is 1.46. The monoisotopic (exact) mass is 628 g/mol. The van der Waals surface area contributed by atoms with Crippen LogP contribution in [0, 0.1) is 5.82 Å². The average molecular weight is 629 g/mol. The number of carbonyl (C=O) groups is 1. The molecule has 0 saturated carbocycles. The lowest BCUT2D eigenvalue weighted by atomic mass is 9.84. The van der Waals surface area contributed by atoms with Crippen molar-refractivity contribution in [1.82, 2.24) is 19.6 Å². The van der Waals surface area contributed by atoms with Crippen LogP contribution in [0.3, 0.4) is 0 Å². The van der Waals surface area contributed by atoms with Crippen molar-refractivity contribution >= 4 is 38.5 Å². The summed E-state index contributed by atoms with van der Waals surface area (Å²) in [5.74, 6) is -0.457. The summed E-state index contributed by atoms with van der Waals surface area (Å²) in [5.41, 5.74) is 1.93. The topological polar surface area (TPSA) is 118 Å². The molecule has 0 aliphatic carbocycles. The van der Waals surface area contributed by atoms with Gasteiger partial charge in [0.2, 0.25) is 5.88 Å². The van der Waals surface area contributed by atoms with Gasteiger partial charge in [0.15, 0.2) is 28.7 Å². The normalized spacial score (nSPS) is 13.9. The third-order valence-corrected chi connectivity index (χ3v) is 7.48. The SMILES string of the molecule is COc1cc(C2c3c(c4ccccc4oc3=O)Oc3ncn4nc(-c5ccc(F)cc5)nc4c32)cc(Br)c1OC(C)=O. The first-order valence-electron chi connectivity index (χ1n) is 12.6. The molecule has 1 aliphatic rings. The number of esters is 1. The molecule has 0 radical (unpaired) electrons. The number of ether oxygens (including phenoxy) is 3. The van der Waals surface area contributed by atoms with Crippen molar-refractivity contribution < 1.29 is 27.8 Å². The van der Waals surface area contributed by atoms with Gasteiger partial charge < -0.3 is 18.6 Å². The minimum atomic E-state index is -0.817. The number of hydrogen-bond donors (Lipinski definition) is 0. The van der Waals surface area contributed by atoms with E-state index < -0.39 is 17.5 Å². The van der Waals surface area contributed by atoms with E-state index in [1.54, 1.807) is 42.5 Å². The molecule has 7 rings (SSSR count). The van der Waals surface area contributed by atoms with Crippen molar-refractivity contribution in [3.05, 3.63) is 104 Å². The van der Waals surface area contributed by atoms with E-state index in [4.69, 9.17) is 23.6 Å². The second-order valence-corrected chi connectivity index (χ2v) is 10.3. The van der Waals surface area contributed by atoms with Crippen molar-refractivity contribution in [2.24, 2.45) is 0 Å². The first-order chi connectivity index (χ1) is 20.3. The maximum Gasteiger partial charge on any atom is 0.344 e. The van der Waals surface area contributed by atoms with Crippen LogP contribution in [0.2, 0.25) is 0 Å². The van der Waals surface area contributed by atoms with Gasteiger partial charge in [0, 0.05) is 12.5 Å². The molecule has 10 nitrogen and oxygen atoms in total. The minimum absolute atomic E-state index is 0.184. The van der Waals surface area contributed by atoms with E-state index >= 15 is 0 Å². The fourth-order valence-corrected chi connectivity index (χ4v) is 5.67. The molecule has 0 saturated heterocycles. The van der Waals surface area contributed by atoms with Crippen LogP contribution in [0.5, 0.6) is 23.1 Å². The maximum atomic E-state index is 13.7. The van der Waals surface area contributed by atoms with Crippen molar-refractivity contribution in [2.75, 3.05) is 7.11 Å². The number of methoxy groups -OCH3 is 1. The van der Waals surface area contributed by atoms with E-state index in [2.05, 4.69) is 26.0 Å². The Bertz CT molecular complexity index is 2130. The van der Waals surface area contributed by atoms with Crippen molar-refractivity contribution in [3.63, 3.8) is 0 Å². The molecule has 208 valence electrons. The van der Waals surface area contributed by atoms with Crippen molar-refractivity contribution in [3.8, 4) is 34.5 Å². The standard InChI is InChI=1S/C30H18BrFN4O6/c1-14(37)40-26-19(31)11-16(12-21(26)39-2)22-23-25(18-5-3-4-6-20(18)41-30(23)38)42-29-24(22)28-34-27(35-36(28)13-33-29)15-7-9-17(32)10-8-15/h3-13,22H,1-2H3. The van der Waals surface area contributed by atoms with Gasteiger partial charge in [0.25, 0.3) is 0 Å². The zero-order chi connectivity index (χ0) is 29.1. The predicted molar refractivity (Wildman–Crippen MR) is 152 cm³/mol. The van der Waals surface area contributed by atoms with Gasteiger partial charge in [0.05, 0.1) is 34.0 Å². The summed E-state index contributed by atoms with van der Waals surface area (Å²) in [4.78, 5) is 34.7. The third kappa shape index (κ3) is 4.10. The number of rotatable bonds is 4. The Morgan fingerprint density at radius 2 is 1.88 bits per heavy atom. The lowest BCUT2D eigenvalue weighted by Crippen LogP contribution is -2.22. The fraction of sp³-hybridized carbons (Fsp3) is 0.100. The lowest BCUT2D eigenvalue weighted by Gasteiger charge is -2.28. The van der Waals surface area contributed by atoms with E-state index in [0.717, 1.165) is 0 Å². The zero-order valence-electron chi connectivity index (χ0n) is 21.9. The lowest BCUT2D eigenvalue weighted by molar-refractivity contribution is -0.132. The Kier molecular flexibility index (Phi) is 6.01. The van der Waals surface area contributed by atoms with E-state index in [1.807, 2.05) is 6.07 Å². The number of nitrogens with zero attached hydrogens (tertiary/aromatic N) is 4. The largest absolute Gasteiger partial charge is 0.493 e. The number of halogens is 2. The van der Waals surface area contributed by atoms with Gasteiger partial charge in [-0.3, -0.25) is 4.79 Å². The molecule has 1 aliphatic heterocycles. The smallest absolute Gasteiger partial charge is 0.344 e. The summed E-state index contributed by atoms with van der Waals surface area (Å²) < 4.78 is 38.5. The Hall–Kier alpha value is -5.10. The molecule has 42 heavy (non-hydrogen) atoms. The molecular formula is C30H18BrFN4O6. The second-order valence-electron chi connectivity index (χ2n) is 9.47. The Balaban J connectivity index is 1.53. The fourth-order valence-electron chi connectivity index (χ4n) is 5.13. The summed E-state index contributed by atoms with van der Waals surface area (Å²) in [7, 11) is 1.44. The highest BCUT2D eigenvalue weighted by atomic mass is 79.9. The van der Waals surface area contributed by atoms with E-state index in [1.165, 1.54) is 37.0 Å². The van der Waals surface area contributed by atoms with Crippen molar-refractivity contribution in [1.29, 1.82) is 0 Å². The molecule has 1 atom stereocenters.